The number of benzene rings is 1. The van der Waals surface area contributed by atoms with Crippen molar-refractivity contribution in [3.05, 3.63) is 39.9 Å². The van der Waals surface area contributed by atoms with Crippen LogP contribution in [-0.4, -0.2) is 17.0 Å². The molecule has 0 saturated heterocycles. The molecule has 1 rings (SSSR count). The number of nitro benzene ring substituents is 1. The Labute approximate surface area is 106 Å². The zero-order valence-electron chi connectivity index (χ0n) is 10.6. The van der Waals surface area contributed by atoms with E-state index in [4.69, 9.17) is 4.74 Å². The van der Waals surface area contributed by atoms with Crippen molar-refractivity contribution in [3.63, 3.8) is 0 Å². The van der Waals surface area contributed by atoms with Crippen LogP contribution >= 0.6 is 0 Å². The summed E-state index contributed by atoms with van der Waals surface area (Å²) in [6, 6.07) is 5.42. The molecular weight excluding hydrogens is 234 g/mol. The van der Waals surface area contributed by atoms with Gasteiger partial charge in [0.15, 0.2) is 0 Å². The minimum absolute atomic E-state index is 0.0365. The number of carbonyl (C=O) groups is 1. The van der Waals surface area contributed by atoms with E-state index in [1.165, 1.54) is 24.3 Å². The third kappa shape index (κ3) is 4.16. The zero-order valence-corrected chi connectivity index (χ0v) is 10.6. The lowest BCUT2D eigenvalue weighted by Gasteiger charge is -2.12. The highest BCUT2D eigenvalue weighted by Gasteiger charge is 2.13. The number of ether oxygens (including phenoxy) is 1. The first kappa shape index (κ1) is 14.2. The largest absolute Gasteiger partial charge is 0.459 e. The van der Waals surface area contributed by atoms with E-state index in [1.807, 2.05) is 6.92 Å². The quantitative estimate of drug-likeness (QED) is 0.441. The minimum Gasteiger partial charge on any atom is -0.459 e. The number of esters is 1. The second-order valence-corrected chi connectivity index (χ2v) is 4.16. The minimum atomic E-state index is -0.501. The van der Waals surface area contributed by atoms with Gasteiger partial charge in [0.05, 0.1) is 16.6 Å². The molecule has 0 aliphatic rings. The molecule has 0 saturated carbocycles. The van der Waals surface area contributed by atoms with Gasteiger partial charge in [0, 0.05) is 12.1 Å². The van der Waals surface area contributed by atoms with E-state index in [-0.39, 0.29) is 11.8 Å². The normalized spacial score (nSPS) is 11.9. The highest BCUT2D eigenvalue weighted by Crippen LogP contribution is 2.14. The molecule has 1 aromatic rings. The average molecular weight is 251 g/mol. The summed E-state index contributed by atoms with van der Waals surface area (Å²) in [7, 11) is 0. The maximum Gasteiger partial charge on any atom is 0.338 e. The van der Waals surface area contributed by atoms with E-state index in [0.717, 1.165) is 19.3 Å². The lowest BCUT2D eigenvalue weighted by molar-refractivity contribution is -0.384. The summed E-state index contributed by atoms with van der Waals surface area (Å²) >= 11 is 0. The van der Waals surface area contributed by atoms with Crippen molar-refractivity contribution in [2.75, 3.05) is 0 Å². The summed E-state index contributed by atoms with van der Waals surface area (Å²) in [5, 5.41) is 10.5. The molecule has 1 atom stereocenters. The van der Waals surface area contributed by atoms with Crippen molar-refractivity contribution in [1.82, 2.24) is 0 Å². The van der Waals surface area contributed by atoms with Crippen LogP contribution in [0.25, 0.3) is 0 Å². The lowest BCUT2D eigenvalue weighted by Crippen LogP contribution is -2.14. The van der Waals surface area contributed by atoms with Gasteiger partial charge in [-0.15, -0.1) is 0 Å². The maximum absolute atomic E-state index is 11.7. The van der Waals surface area contributed by atoms with Crippen molar-refractivity contribution >= 4 is 11.7 Å². The van der Waals surface area contributed by atoms with Crippen LogP contribution in [0.3, 0.4) is 0 Å². The molecule has 0 aliphatic heterocycles. The number of unbranched alkanes of at least 4 members (excludes halogenated alkanes) is 1. The van der Waals surface area contributed by atoms with E-state index in [2.05, 4.69) is 6.92 Å². The molecule has 0 unspecified atom stereocenters. The van der Waals surface area contributed by atoms with Gasteiger partial charge >= 0.3 is 5.97 Å². The molecule has 5 nitrogen and oxygen atoms in total. The van der Waals surface area contributed by atoms with E-state index in [0.29, 0.717) is 5.56 Å². The van der Waals surface area contributed by atoms with Crippen LogP contribution in [0, 0.1) is 10.1 Å². The number of hydrogen-bond donors (Lipinski definition) is 0. The number of nitrogens with zero attached hydrogens (tertiary/aromatic N) is 1. The third-order valence-electron chi connectivity index (χ3n) is 2.59. The number of rotatable bonds is 6. The van der Waals surface area contributed by atoms with Gasteiger partial charge in [-0.2, -0.15) is 0 Å². The Morgan fingerprint density at radius 1 is 1.39 bits per heavy atom. The molecule has 0 heterocycles. The summed E-state index contributed by atoms with van der Waals surface area (Å²) in [4.78, 5) is 21.7. The Kier molecular flexibility index (Phi) is 5.30. The Morgan fingerprint density at radius 2 is 2.00 bits per heavy atom. The molecule has 1 aromatic carbocycles. The number of carbonyl (C=O) groups excluding carboxylic acids is 1. The van der Waals surface area contributed by atoms with Crippen LogP contribution in [0.1, 0.15) is 43.5 Å². The Balaban J connectivity index is 2.58. The van der Waals surface area contributed by atoms with Crippen LogP contribution in [0.4, 0.5) is 5.69 Å². The molecule has 0 bridgehead atoms. The number of hydrogen-bond acceptors (Lipinski definition) is 4. The fraction of sp³-hybridized carbons (Fsp3) is 0.462. The smallest absolute Gasteiger partial charge is 0.338 e. The molecule has 0 aromatic heterocycles. The third-order valence-corrected chi connectivity index (χ3v) is 2.59. The Hall–Kier alpha value is -1.91. The topological polar surface area (TPSA) is 69.4 Å². The standard InChI is InChI=1S/C13H17NO4/c1-3-4-5-10(2)18-13(15)11-6-8-12(9-7-11)14(16)17/h6-10H,3-5H2,1-2H3/t10-/m0/s1. The Morgan fingerprint density at radius 3 is 2.50 bits per heavy atom. The lowest BCUT2D eigenvalue weighted by atomic mass is 10.2. The van der Waals surface area contributed by atoms with Gasteiger partial charge in [-0.05, 0) is 25.5 Å². The van der Waals surface area contributed by atoms with Gasteiger partial charge in [-0.3, -0.25) is 10.1 Å². The van der Waals surface area contributed by atoms with Crippen LogP contribution < -0.4 is 0 Å². The molecule has 0 N–H and O–H groups in total. The highest BCUT2D eigenvalue weighted by molar-refractivity contribution is 5.89. The molecule has 0 amide bonds. The first-order valence-corrected chi connectivity index (χ1v) is 6.00. The van der Waals surface area contributed by atoms with Crippen LogP contribution in [0.5, 0.6) is 0 Å². The van der Waals surface area contributed by atoms with Gasteiger partial charge in [-0.1, -0.05) is 19.8 Å². The fourth-order valence-electron chi connectivity index (χ4n) is 1.52. The highest BCUT2D eigenvalue weighted by atomic mass is 16.6. The van der Waals surface area contributed by atoms with E-state index >= 15 is 0 Å². The van der Waals surface area contributed by atoms with Crippen molar-refractivity contribution in [3.8, 4) is 0 Å². The summed E-state index contributed by atoms with van der Waals surface area (Å²) < 4.78 is 5.23. The zero-order chi connectivity index (χ0) is 13.5. The van der Waals surface area contributed by atoms with Gasteiger partial charge in [0.2, 0.25) is 0 Å². The van der Waals surface area contributed by atoms with Gasteiger partial charge in [0.1, 0.15) is 0 Å². The molecule has 0 radical (unpaired) electrons. The number of nitro groups is 1. The van der Waals surface area contributed by atoms with Crippen molar-refractivity contribution in [2.24, 2.45) is 0 Å². The van der Waals surface area contributed by atoms with Gasteiger partial charge in [0.25, 0.3) is 5.69 Å². The SMILES string of the molecule is CCCC[C@H](C)OC(=O)c1ccc([N+](=O)[O-])cc1. The molecular formula is C13H17NO4. The predicted molar refractivity (Wildman–Crippen MR) is 67.5 cm³/mol. The van der Waals surface area contributed by atoms with E-state index < -0.39 is 10.9 Å². The van der Waals surface area contributed by atoms with Crippen molar-refractivity contribution in [1.29, 1.82) is 0 Å². The molecule has 0 aliphatic carbocycles. The second-order valence-electron chi connectivity index (χ2n) is 4.16. The summed E-state index contributed by atoms with van der Waals surface area (Å²) in [6.07, 6.45) is 2.76. The van der Waals surface area contributed by atoms with Crippen molar-refractivity contribution < 1.29 is 14.5 Å². The summed E-state index contributed by atoms with van der Waals surface area (Å²) in [5.41, 5.74) is 0.300. The van der Waals surface area contributed by atoms with E-state index in [9.17, 15) is 14.9 Å². The fourth-order valence-corrected chi connectivity index (χ4v) is 1.52. The molecule has 5 heteroatoms. The molecule has 18 heavy (non-hydrogen) atoms. The van der Waals surface area contributed by atoms with Gasteiger partial charge < -0.3 is 4.74 Å². The van der Waals surface area contributed by atoms with Crippen LogP contribution in [0.2, 0.25) is 0 Å². The summed E-state index contributed by atoms with van der Waals surface area (Å²) in [6.45, 7) is 3.92. The summed E-state index contributed by atoms with van der Waals surface area (Å²) in [5.74, 6) is -0.437. The first-order valence-electron chi connectivity index (χ1n) is 6.00. The van der Waals surface area contributed by atoms with E-state index in [1.54, 1.807) is 0 Å². The maximum atomic E-state index is 11.7. The molecule has 0 spiro atoms. The first-order chi connectivity index (χ1) is 8.54. The van der Waals surface area contributed by atoms with Gasteiger partial charge in [-0.25, -0.2) is 4.79 Å². The molecule has 0 fully saturated rings. The van der Waals surface area contributed by atoms with Crippen LogP contribution in [-0.2, 0) is 4.74 Å². The predicted octanol–water partition coefficient (Wildman–Crippen LogP) is 3.33. The van der Waals surface area contributed by atoms with Crippen LogP contribution in [0.15, 0.2) is 24.3 Å². The Bertz CT molecular complexity index is 414. The average Bonchev–Trinajstić information content (AvgIpc) is 2.36. The monoisotopic (exact) mass is 251 g/mol. The number of non-ortho nitro benzene ring substituents is 1. The van der Waals surface area contributed by atoms with Crippen molar-refractivity contribution in [2.45, 2.75) is 39.2 Å². The molecule has 98 valence electrons. The second kappa shape index (κ2) is 6.74.